The third kappa shape index (κ3) is 6.98. The van der Waals surface area contributed by atoms with Gasteiger partial charge in [0.1, 0.15) is 0 Å². The Bertz CT molecular complexity index is 519. The molecule has 0 bridgehead atoms. The summed E-state index contributed by atoms with van der Waals surface area (Å²) in [5.74, 6) is 1.25. The molecule has 0 heterocycles. The Morgan fingerprint density at radius 1 is 0.667 bits per heavy atom. The van der Waals surface area contributed by atoms with Gasteiger partial charge in [-0.05, 0) is 36.7 Å². The highest BCUT2D eigenvalue weighted by atomic mass is 29.7. The summed E-state index contributed by atoms with van der Waals surface area (Å²) >= 11 is 0. The third-order valence-corrected chi connectivity index (χ3v) is 43.0. The molecule has 0 unspecified atom stereocenters. The van der Waals surface area contributed by atoms with Gasteiger partial charge < -0.3 is 8.85 Å². The van der Waals surface area contributed by atoms with Crippen molar-refractivity contribution in [1.29, 1.82) is 0 Å². The van der Waals surface area contributed by atoms with Crippen molar-refractivity contribution >= 4 is 30.9 Å². The van der Waals surface area contributed by atoms with E-state index in [2.05, 4.69) is 100 Å². The Hall–Kier alpha value is 0.368. The van der Waals surface area contributed by atoms with Gasteiger partial charge in [0, 0.05) is 12.5 Å². The van der Waals surface area contributed by atoms with Crippen LogP contribution in [0.25, 0.3) is 0 Å². The Balaban J connectivity index is 6.94. The van der Waals surface area contributed by atoms with Crippen LogP contribution >= 0.6 is 0 Å². The molecule has 27 heavy (non-hydrogen) atoms. The normalized spacial score (nSPS) is 16.3. The Kier molecular flexibility index (Phi) is 8.36. The first-order valence-corrected chi connectivity index (χ1v) is 25.0. The summed E-state index contributed by atoms with van der Waals surface area (Å²) in [5.41, 5.74) is 1.62. The quantitative estimate of drug-likeness (QED) is 0.296. The van der Waals surface area contributed by atoms with E-state index < -0.39 is 30.9 Å². The molecule has 0 aliphatic rings. The van der Waals surface area contributed by atoms with Crippen LogP contribution in [0, 0.1) is 10.8 Å². The van der Waals surface area contributed by atoms with Crippen LogP contribution in [0.5, 0.6) is 0 Å². The zero-order valence-corrected chi connectivity index (χ0v) is 25.5. The second-order valence-corrected chi connectivity index (χ2v) is 44.4. The fraction of sp³-hybridized carbons (Fsp3) is 0.905. The molecule has 0 aromatic heterocycles. The van der Waals surface area contributed by atoms with Gasteiger partial charge in [0.05, 0.1) is 20.9 Å². The van der Waals surface area contributed by atoms with E-state index in [1.807, 2.05) is 7.11 Å². The van der Waals surface area contributed by atoms with Gasteiger partial charge >= 0.3 is 0 Å². The Morgan fingerprint density at radius 2 is 1.04 bits per heavy atom. The summed E-state index contributed by atoms with van der Waals surface area (Å²) in [6.07, 6.45) is 0. The van der Waals surface area contributed by atoms with Crippen LogP contribution < -0.4 is 0 Å². The van der Waals surface area contributed by atoms with E-state index in [-0.39, 0.29) is 10.8 Å². The van der Waals surface area contributed by atoms with E-state index in [9.17, 15) is 0 Å². The lowest BCUT2D eigenvalue weighted by molar-refractivity contribution is 0.267. The van der Waals surface area contributed by atoms with Crippen molar-refractivity contribution in [3.05, 3.63) is 11.3 Å². The van der Waals surface area contributed by atoms with Crippen LogP contribution in [-0.4, -0.2) is 38.0 Å². The Labute approximate surface area is 175 Å². The SMILES string of the molecule is CO[Si](C/C(=C(/O[Si](C)(C)C)C(C)(C)C)C(C)(C)C)([Si](C)(C)C)[Si](C)(C)C. The summed E-state index contributed by atoms with van der Waals surface area (Å²) < 4.78 is 13.5. The molecule has 162 valence electrons. The number of allylic oxidation sites excluding steroid dienone is 2. The minimum Gasteiger partial charge on any atom is -0.547 e. The van der Waals surface area contributed by atoms with E-state index in [0.717, 1.165) is 6.04 Å². The molecule has 0 amide bonds. The van der Waals surface area contributed by atoms with Gasteiger partial charge in [-0.2, -0.15) is 0 Å². The van der Waals surface area contributed by atoms with Crippen LogP contribution in [0.4, 0.5) is 0 Å². The molecule has 0 fully saturated rings. The van der Waals surface area contributed by atoms with E-state index in [4.69, 9.17) is 8.85 Å². The molecule has 0 aliphatic carbocycles. The molecule has 0 N–H and O–H groups in total. The summed E-state index contributed by atoms with van der Waals surface area (Å²) in [5, 5.41) is 0. The van der Waals surface area contributed by atoms with Gasteiger partial charge in [0.2, 0.25) is 8.32 Å². The Morgan fingerprint density at radius 3 is 1.22 bits per heavy atom. The van der Waals surface area contributed by atoms with Gasteiger partial charge in [0.15, 0.2) is 7.35 Å². The van der Waals surface area contributed by atoms with Gasteiger partial charge in [-0.3, -0.25) is 0 Å². The zero-order valence-electron chi connectivity index (χ0n) is 21.5. The number of hydrogen-bond donors (Lipinski definition) is 0. The number of hydrogen-bond acceptors (Lipinski definition) is 2. The topological polar surface area (TPSA) is 18.5 Å². The highest BCUT2D eigenvalue weighted by Gasteiger charge is 2.57. The molecular formula is C21H50O2Si4. The van der Waals surface area contributed by atoms with Crippen LogP contribution in [0.15, 0.2) is 11.3 Å². The average molecular weight is 447 g/mol. The second kappa shape index (κ2) is 8.24. The lowest BCUT2D eigenvalue weighted by atomic mass is 9.80. The maximum atomic E-state index is 6.82. The highest BCUT2D eigenvalue weighted by Crippen LogP contribution is 2.46. The number of rotatable bonds is 7. The second-order valence-electron chi connectivity index (χ2n) is 13.2. The third-order valence-electron chi connectivity index (χ3n) is 5.47. The van der Waals surface area contributed by atoms with Gasteiger partial charge in [-0.1, -0.05) is 80.8 Å². The monoisotopic (exact) mass is 446 g/mol. The van der Waals surface area contributed by atoms with Crippen molar-refractivity contribution in [3.63, 3.8) is 0 Å². The van der Waals surface area contributed by atoms with Crippen LogP contribution in [0.2, 0.25) is 65.0 Å². The molecule has 0 atom stereocenters. The zero-order chi connectivity index (χ0) is 22.3. The first kappa shape index (κ1) is 27.4. The summed E-state index contributed by atoms with van der Waals surface area (Å²) in [4.78, 5) is 0. The van der Waals surface area contributed by atoms with Crippen molar-refractivity contribution in [3.8, 4) is 0 Å². The molecule has 0 spiro atoms. The first-order valence-electron chi connectivity index (χ1n) is 10.5. The molecule has 0 rings (SSSR count). The predicted octanol–water partition coefficient (Wildman–Crippen LogP) is 7.61. The lowest BCUT2D eigenvalue weighted by Crippen LogP contribution is -2.73. The van der Waals surface area contributed by atoms with E-state index in [0.29, 0.717) is 0 Å². The smallest absolute Gasteiger partial charge is 0.241 e. The maximum Gasteiger partial charge on any atom is 0.241 e. The average Bonchev–Trinajstić information content (AvgIpc) is 2.30. The minimum absolute atomic E-state index is 0.00958. The predicted molar refractivity (Wildman–Crippen MR) is 135 cm³/mol. The lowest BCUT2D eigenvalue weighted by Gasteiger charge is -2.51. The fourth-order valence-electron chi connectivity index (χ4n) is 4.25. The minimum atomic E-state index is -1.91. The van der Waals surface area contributed by atoms with E-state index in [1.165, 1.54) is 11.3 Å². The molecule has 0 aliphatic heterocycles. The maximum absolute atomic E-state index is 6.82. The standard InChI is InChI=1S/C21H50O2Si4/c1-20(2,3)18(19(21(4,5)6)23-24(8,9)10)17-27(22-7,25(11,12)13)26(14,15)16/h17H2,1-16H3/b19-18-. The molecule has 0 saturated heterocycles. The van der Waals surface area contributed by atoms with Crippen molar-refractivity contribution in [2.45, 2.75) is 107 Å². The molecule has 0 aromatic rings. The molecule has 0 radical (unpaired) electrons. The molecule has 2 nitrogen and oxygen atoms in total. The van der Waals surface area contributed by atoms with Gasteiger partial charge in [0.25, 0.3) is 0 Å². The molecule has 0 saturated carbocycles. The van der Waals surface area contributed by atoms with Crippen LogP contribution in [0.3, 0.4) is 0 Å². The van der Waals surface area contributed by atoms with Crippen molar-refractivity contribution in [1.82, 2.24) is 0 Å². The van der Waals surface area contributed by atoms with Crippen LogP contribution in [0.1, 0.15) is 41.5 Å². The molecule has 0 aromatic carbocycles. The molecular weight excluding hydrogens is 397 g/mol. The summed E-state index contributed by atoms with van der Waals surface area (Å²) in [7, 11) is -4.56. The first-order chi connectivity index (χ1) is 11.5. The summed E-state index contributed by atoms with van der Waals surface area (Å²) in [6.45, 7) is 36.2. The van der Waals surface area contributed by atoms with Gasteiger partial charge in [-0.15, -0.1) is 0 Å². The molecule has 6 heteroatoms. The summed E-state index contributed by atoms with van der Waals surface area (Å²) in [6, 6.07) is 1.13. The van der Waals surface area contributed by atoms with Gasteiger partial charge in [-0.25, -0.2) is 0 Å². The fourth-order valence-corrected chi connectivity index (χ4v) is 46.1. The van der Waals surface area contributed by atoms with Crippen molar-refractivity contribution in [2.24, 2.45) is 10.8 Å². The van der Waals surface area contributed by atoms with Crippen molar-refractivity contribution < 1.29 is 8.85 Å². The van der Waals surface area contributed by atoms with Crippen molar-refractivity contribution in [2.75, 3.05) is 7.11 Å². The van der Waals surface area contributed by atoms with E-state index >= 15 is 0 Å². The highest BCUT2D eigenvalue weighted by molar-refractivity contribution is 7.66. The van der Waals surface area contributed by atoms with E-state index in [1.54, 1.807) is 0 Å². The van der Waals surface area contributed by atoms with Crippen LogP contribution in [-0.2, 0) is 8.85 Å². The largest absolute Gasteiger partial charge is 0.547 e.